The van der Waals surface area contributed by atoms with Crippen LogP contribution in [0.15, 0.2) is 88.5 Å². The van der Waals surface area contributed by atoms with E-state index in [2.05, 4.69) is 57.9 Å². The number of aromatic nitrogens is 4. The van der Waals surface area contributed by atoms with E-state index in [0.717, 1.165) is 37.2 Å². The van der Waals surface area contributed by atoms with Gasteiger partial charge < -0.3 is 4.74 Å². The van der Waals surface area contributed by atoms with Crippen LogP contribution in [0.25, 0.3) is 43.4 Å². The smallest absolute Gasteiger partial charge is 0.357 e. The van der Waals surface area contributed by atoms with Crippen molar-refractivity contribution < 1.29 is 9.53 Å². The molecular formula is C27H18Br2N4O2. The Morgan fingerprint density at radius 1 is 0.743 bits per heavy atom. The number of pyridine rings is 4. The number of esters is 1. The van der Waals surface area contributed by atoms with Gasteiger partial charge in [-0.3, -0.25) is 4.98 Å². The van der Waals surface area contributed by atoms with Gasteiger partial charge in [-0.1, -0.05) is 36.4 Å². The summed E-state index contributed by atoms with van der Waals surface area (Å²) in [6.45, 7) is 2.08. The fourth-order valence-corrected chi connectivity index (χ4v) is 4.92. The highest BCUT2D eigenvalue weighted by molar-refractivity contribution is 9.10. The third-order valence-corrected chi connectivity index (χ3v) is 6.74. The summed E-state index contributed by atoms with van der Waals surface area (Å²) in [4.78, 5) is 29.3. The van der Waals surface area contributed by atoms with Gasteiger partial charge in [-0.25, -0.2) is 19.7 Å². The molecule has 0 aliphatic rings. The summed E-state index contributed by atoms with van der Waals surface area (Å²) >= 11 is 6.83. The normalized spacial score (nSPS) is 10.9. The van der Waals surface area contributed by atoms with Crippen LogP contribution in [0.5, 0.6) is 0 Å². The van der Waals surface area contributed by atoms with Crippen molar-refractivity contribution in [1.82, 2.24) is 19.9 Å². The Hall–Kier alpha value is -3.49. The largest absolute Gasteiger partial charge is 0.461 e. The maximum Gasteiger partial charge on any atom is 0.357 e. The van der Waals surface area contributed by atoms with Crippen molar-refractivity contribution in [2.75, 3.05) is 6.61 Å². The van der Waals surface area contributed by atoms with Crippen molar-refractivity contribution in [3.8, 4) is 0 Å². The van der Waals surface area contributed by atoms with Crippen LogP contribution < -0.4 is 0 Å². The molecule has 0 aliphatic carbocycles. The molecule has 6 aromatic rings. The summed E-state index contributed by atoms with van der Waals surface area (Å²) in [5.41, 5.74) is 2.07. The minimum atomic E-state index is -0.433. The van der Waals surface area contributed by atoms with Gasteiger partial charge in [0.2, 0.25) is 0 Å². The fraction of sp³-hybridized carbons (Fsp3) is 0.0741. The Balaban J connectivity index is 0.000000151. The zero-order chi connectivity index (χ0) is 24.4. The number of nitrogens with zero attached hydrogens (tertiary/aromatic N) is 4. The first-order valence-corrected chi connectivity index (χ1v) is 12.4. The van der Waals surface area contributed by atoms with Crippen molar-refractivity contribution in [3.05, 3.63) is 94.2 Å². The minimum absolute atomic E-state index is 0.292. The summed E-state index contributed by atoms with van der Waals surface area (Å²) in [7, 11) is 0. The number of fused-ring (bicyclic) bond motifs is 6. The summed E-state index contributed by atoms with van der Waals surface area (Å²) in [6, 6.07) is 19.7. The number of rotatable bonds is 2. The van der Waals surface area contributed by atoms with E-state index >= 15 is 0 Å². The molecule has 0 fully saturated rings. The lowest BCUT2D eigenvalue weighted by Crippen LogP contribution is -2.08. The van der Waals surface area contributed by atoms with Gasteiger partial charge in [-0.2, -0.15) is 0 Å². The monoisotopic (exact) mass is 588 g/mol. The molecule has 0 unspecified atom stereocenters. The maximum absolute atomic E-state index is 12.1. The van der Waals surface area contributed by atoms with Gasteiger partial charge in [-0.15, -0.1) is 0 Å². The van der Waals surface area contributed by atoms with Crippen molar-refractivity contribution in [2.45, 2.75) is 6.92 Å². The highest BCUT2D eigenvalue weighted by Gasteiger charge is 2.18. The highest BCUT2D eigenvalue weighted by Crippen LogP contribution is 2.31. The fourth-order valence-electron chi connectivity index (χ4n) is 3.96. The van der Waals surface area contributed by atoms with Gasteiger partial charge in [0.05, 0.1) is 17.6 Å². The second-order valence-corrected chi connectivity index (χ2v) is 9.06. The molecule has 0 N–H and O–H groups in total. The van der Waals surface area contributed by atoms with Gasteiger partial charge in [0.15, 0.2) is 5.69 Å². The van der Waals surface area contributed by atoms with Gasteiger partial charge in [0, 0.05) is 40.1 Å². The van der Waals surface area contributed by atoms with E-state index in [9.17, 15) is 4.79 Å². The number of ether oxygens (including phenoxy) is 1. The number of carbonyl (C=O) groups excluding carboxylic acids is 1. The molecule has 0 radical (unpaired) electrons. The molecule has 0 saturated heterocycles. The molecule has 4 heterocycles. The number of hydrogen-bond acceptors (Lipinski definition) is 6. The van der Waals surface area contributed by atoms with Crippen molar-refractivity contribution >= 4 is 81.2 Å². The Kier molecular flexibility index (Phi) is 6.66. The Bertz CT molecular complexity index is 1720. The lowest BCUT2D eigenvalue weighted by molar-refractivity contribution is 0.0522. The predicted molar refractivity (Wildman–Crippen MR) is 145 cm³/mol. The molecule has 0 saturated carbocycles. The number of halogens is 2. The van der Waals surface area contributed by atoms with Gasteiger partial charge in [0.25, 0.3) is 0 Å². The molecule has 0 bridgehead atoms. The van der Waals surface area contributed by atoms with E-state index in [1.165, 1.54) is 5.39 Å². The minimum Gasteiger partial charge on any atom is -0.461 e. The Morgan fingerprint density at radius 3 is 2.11 bits per heavy atom. The summed E-state index contributed by atoms with van der Waals surface area (Å²) in [6.07, 6.45) is 5.36. The molecule has 8 heteroatoms. The lowest BCUT2D eigenvalue weighted by Gasteiger charge is -2.09. The van der Waals surface area contributed by atoms with Gasteiger partial charge >= 0.3 is 5.97 Å². The van der Waals surface area contributed by atoms with Crippen LogP contribution >= 0.6 is 31.9 Å². The van der Waals surface area contributed by atoms with Crippen LogP contribution in [0.3, 0.4) is 0 Å². The molecule has 0 aliphatic heterocycles. The molecule has 6 nitrogen and oxygen atoms in total. The van der Waals surface area contributed by atoms with Crippen LogP contribution in [0.1, 0.15) is 17.4 Å². The first kappa shape index (κ1) is 23.3. The van der Waals surface area contributed by atoms with Crippen LogP contribution in [0, 0.1) is 0 Å². The molecule has 35 heavy (non-hydrogen) atoms. The van der Waals surface area contributed by atoms with Crippen LogP contribution in [0.2, 0.25) is 0 Å². The molecule has 172 valence electrons. The van der Waals surface area contributed by atoms with E-state index in [1.54, 1.807) is 19.3 Å². The zero-order valence-corrected chi connectivity index (χ0v) is 21.7. The standard InChI is InChI=1S/C15H11BrN2O2.C12H7BrN2/c1-2-20-15(19)13-12-10(7-8-17-14(12)16)9-5-3-4-6-11(9)18-13;13-12-10-7-15-11-4-2-1-3-9(11)8(10)5-6-14-12/h3-8H,2H2,1H3;1-7H. The van der Waals surface area contributed by atoms with E-state index in [4.69, 9.17) is 4.74 Å². The van der Waals surface area contributed by atoms with Gasteiger partial charge in [0.1, 0.15) is 9.21 Å². The van der Waals surface area contributed by atoms with Crippen LogP contribution in [0.4, 0.5) is 0 Å². The molecule has 0 atom stereocenters. The lowest BCUT2D eigenvalue weighted by atomic mass is 10.1. The predicted octanol–water partition coefficient (Wildman–Crippen LogP) is 7.27. The SMILES string of the molecule is Brc1nccc2c1cnc1ccccc12.CCOC(=O)c1nc2ccccc2c2ccnc(Br)c12. The molecule has 0 spiro atoms. The summed E-state index contributed by atoms with van der Waals surface area (Å²) in [5.74, 6) is -0.433. The second-order valence-electron chi connectivity index (χ2n) is 7.56. The zero-order valence-electron chi connectivity index (χ0n) is 18.6. The molecule has 4 aromatic heterocycles. The average molecular weight is 590 g/mol. The van der Waals surface area contributed by atoms with Crippen molar-refractivity contribution in [3.63, 3.8) is 0 Å². The number of hydrogen-bond donors (Lipinski definition) is 0. The van der Waals surface area contributed by atoms with E-state index in [1.807, 2.05) is 60.8 Å². The highest BCUT2D eigenvalue weighted by atomic mass is 79.9. The third kappa shape index (κ3) is 4.47. The summed E-state index contributed by atoms with van der Waals surface area (Å²) in [5, 5.41) is 6.00. The maximum atomic E-state index is 12.1. The second kappa shape index (κ2) is 10.0. The molecule has 6 rings (SSSR count). The number of carbonyl (C=O) groups is 1. The quantitative estimate of drug-likeness (QED) is 0.120. The average Bonchev–Trinajstić information content (AvgIpc) is 2.89. The van der Waals surface area contributed by atoms with E-state index < -0.39 is 5.97 Å². The first-order valence-electron chi connectivity index (χ1n) is 10.9. The topological polar surface area (TPSA) is 77.9 Å². The summed E-state index contributed by atoms with van der Waals surface area (Å²) < 4.78 is 6.53. The van der Waals surface area contributed by atoms with E-state index in [-0.39, 0.29) is 0 Å². The molecular weight excluding hydrogens is 572 g/mol. The molecule has 0 amide bonds. The number of benzene rings is 2. The van der Waals surface area contributed by atoms with E-state index in [0.29, 0.717) is 22.3 Å². The molecule has 2 aromatic carbocycles. The Morgan fingerprint density at radius 2 is 1.37 bits per heavy atom. The van der Waals surface area contributed by atoms with Crippen LogP contribution in [-0.4, -0.2) is 32.5 Å². The van der Waals surface area contributed by atoms with Crippen molar-refractivity contribution in [2.24, 2.45) is 0 Å². The third-order valence-electron chi connectivity index (χ3n) is 5.51. The van der Waals surface area contributed by atoms with Crippen molar-refractivity contribution in [1.29, 1.82) is 0 Å². The van der Waals surface area contributed by atoms with Crippen LogP contribution in [-0.2, 0) is 4.74 Å². The van der Waals surface area contributed by atoms with Gasteiger partial charge in [-0.05, 0) is 73.8 Å². The first-order chi connectivity index (χ1) is 17.1. The Labute approximate surface area is 217 Å². The number of para-hydroxylation sites is 2.